The van der Waals surface area contributed by atoms with Gasteiger partial charge in [-0.15, -0.1) is 0 Å². The minimum absolute atomic E-state index is 0.0488. The Morgan fingerprint density at radius 2 is 2.00 bits per heavy atom. The molecule has 3 rings (SSSR count). The number of carbonyl (C=O) groups is 2. The van der Waals surface area contributed by atoms with E-state index in [2.05, 4.69) is 4.99 Å². The summed E-state index contributed by atoms with van der Waals surface area (Å²) in [5.41, 5.74) is 1.84. The summed E-state index contributed by atoms with van der Waals surface area (Å²) in [6.07, 6.45) is 0. The maximum absolute atomic E-state index is 12.7. The molecule has 25 heavy (non-hydrogen) atoms. The molecule has 0 radical (unpaired) electrons. The Hall–Kier alpha value is -2.12. The predicted octanol–water partition coefficient (Wildman–Crippen LogP) is 2.52. The van der Waals surface area contributed by atoms with E-state index in [1.807, 2.05) is 37.3 Å². The molecule has 0 unspecified atom stereocenters. The van der Waals surface area contributed by atoms with Crippen molar-refractivity contribution in [2.75, 3.05) is 20.3 Å². The molecule has 2 atom stereocenters. The van der Waals surface area contributed by atoms with Crippen molar-refractivity contribution in [2.24, 2.45) is 4.99 Å². The lowest BCUT2D eigenvalue weighted by atomic mass is 9.94. The van der Waals surface area contributed by atoms with E-state index in [0.29, 0.717) is 23.0 Å². The highest BCUT2D eigenvalue weighted by Crippen LogP contribution is 2.43. The van der Waals surface area contributed by atoms with Gasteiger partial charge in [0.1, 0.15) is 6.61 Å². The number of nitrogens with zero attached hydrogens (tertiary/aromatic N) is 2. The number of benzene rings is 1. The van der Waals surface area contributed by atoms with Crippen LogP contribution in [0.4, 0.5) is 0 Å². The Kier molecular flexibility index (Phi) is 5.24. The number of fused-ring (bicyclic) bond motifs is 1. The molecule has 0 bridgehead atoms. The minimum atomic E-state index is -0.520. The van der Waals surface area contributed by atoms with Gasteiger partial charge in [0.15, 0.2) is 5.17 Å². The fourth-order valence-electron chi connectivity index (χ4n) is 2.91. The topological polar surface area (TPSA) is 68.2 Å². The first-order valence-electron chi connectivity index (χ1n) is 8.04. The summed E-state index contributed by atoms with van der Waals surface area (Å²) < 4.78 is 10.2. The molecule has 132 valence electrons. The van der Waals surface area contributed by atoms with Gasteiger partial charge in [-0.05, 0) is 19.4 Å². The maximum Gasteiger partial charge on any atom is 0.338 e. The number of methoxy groups -OCH3 is 1. The van der Waals surface area contributed by atoms with Crippen molar-refractivity contribution in [2.45, 2.75) is 25.1 Å². The monoisotopic (exact) mass is 360 g/mol. The second-order valence-corrected chi connectivity index (χ2v) is 7.11. The largest absolute Gasteiger partial charge is 0.460 e. The highest BCUT2D eigenvalue weighted by atomic mass is 32.2. The van der Waals surface area contributed by atoms with E-state index in [1.54, 1.807) is 18.9 Å². The van der Waals surface area contributed by atoms with E-state index in [4.69, 9.17) is 9.47 Å². The molecule has 0 spiro atoms. The molecule has 0 aromatic heterocycles. The normalized spacial score (nSPS) is 22.8. The minimum Gasteiger partial charge on any atom is -0.460 e. The van der Waals surface area contributed by atoms with Crippen LogP contribution in [0.2, 0.25) is 0 Å². The first kappa shape index (κ1) is 17.7. The van der Waals surface area contributed by atoms with E-state index >= 15 is 0 Å². The summed E-state index contributed by atoms with van der Waals surface area (Å²) in [5.74, 6) is -0.518. The van der Waals surface area contributed by atoms with Crippen molar-refractivity contribution in [3.63, 3.8) is 0 Å². The maximum atomic E-state index is 12.7. The number of hydrogen-bond acceptors (Lipinski definition) is 6. The zero-order valence-electron chi connectivity index (χ0n) is 14.4. The molecule has 1 aromatic carbocycles. The second kappa shape index (κ2) is 7.41. The first-order valence-corrected chi connectivity index (χ1v) is 8.92. The van der Waals surface area contributed by atoms with Crippen molar-refractivity contribution in [3.8, 4) is 0 Å². The molecule has 2 aliphatic rings. The molecule has 6 nitrogen and oxygen atoms in total. The highest BCUT2D eigenvalue weighted by molar-refractivity contribution is 8.15. The van der Waals surface area contributed by atoms with Crippen LogP contribution < -0.4 is 0 Å². The summed E-state index contributed by atoms with van der Waals surface area (Å²) in [7, 11) is 1.55. The molecule has 0 aliphatic carbocycles. The number of carbonyl (C=O) groups excluding carboxylic acids is 2. The Morgan fingerprint density at radius 1 is 1.28 bits per heavy atom. The van der Waals surface area contributed by atoms with Gasteiger partial charge < -0.3 is 9.47 Å². The van der Waals surface area contributed by atoms with Crippen LogP contribution in [0.1, 0.15) is 25.5 Å². The zero-order chi connectivity index (χ0) is 18.0. The first-order chi connectivity index (χ1) is 12.0. The standard InChI is InChI=1S/C18H20N2O4S/c1-11-14(17(22)24-10-9-23-3)15(13-7-5-4-6-8-13)20-16(21)12(2)25-18(20)19-11/h4-8,12,15H,9-10H2,1-3H3/t12-,15+/m0/s1. The van der Waals surface area contributed by atoms with Gasteiger partial charge in [0, 0.05) is 7.11 Å². The smallest absolute Gasteiger partial charge is 0.338 e. The molecule has 1 saturated heterocycles. The number of hydrogen-bond donors (Lipinski definition) is 0. The van der Waals surface area contributed by atoms with E-state index in [-0.39, 0.29) is 17.8 Å². The SMILES string of the molecule is COCCOC(=O)C1=C(C)N=C2S[C@@H](C)C(=O)N2[C@@H]1c1ccccc1. The number of amides is 1. The Labute approximate surface area is 150 Å². The third-order valence-corrected chi connectivity index (χ3v) is 5.17. The summed E-state index contributed by atoms with van der Waals surface area (Å²) in [5, 5.41) is 0.416. The van der Waals surface area contributed by atoms with Crippen LogP contribution in [0.15, 0.2) is 46.6 Å². The lowest BCUT2D eigenvalue weighted by Crippen LogP contribution is -2.40. The van der Waals surface area contributed by atoms with Crippen LogP contribution in [-0.2, 0) is 19.1 Å². The van der Waals surface area contributed by atoms with Gasteiger partial charge in [0.2, 0.25) is 5.91 Å². The van der Waals surface area contributed by atoms with Gasteiger partial charge in [0.05, 0.1) is 29.2 Å². The fraction of sp³-hybridized carbons (Fsp3) is 0.389. The van der Waals surface area contributed by atoms with Gasteiger partial charge >= 0.3 is 5.97 Å². The number of aliphatic imine (C=N–C) groups is 1. The summed E-state index contributed by atoms with van der Waals surface area (Å²) in [4.78, 5) is 31.5. The van der Waals surface area contributed by atoms with Crippen LogP contribution in [-0.4, -0.2) is 47.5 Å². The summed E-state index contributed by atoms with van der Waals surface area (Å²) >= 11 is 1.42. The fourth-order valence-corrected chi connectivity index (χ4v) is 3.94. The van der Waals surface area contributed by atoms with E-state index < -0.39 is 12.0 Å². The molecule has 1 fully saturated rings. The van der Waals surface area contributed by atoms with Crippen molar-refractivity contribution < 1.29 is 19.1 Å². The van der Waals surface area contributed by atoms with Crippen molar-refractivity contribution in [1.82, 2.24) is 4.90 Å². The van der Waals surface area contributed by atoms with Gasteiger partial charge in [0.25, 0.3) is 0 Å². The van der Waals surface area contributed by atoms with Crippen LogP contribution in [0.5, 0.6) is 0 Å². The van der Waals surface area contributed by atoms with E-state index in [9.17, 15) is 9.59 Å². The predicted molar refractivity (Wildman–Crippen MR) is 96.1 cm³/mol. The lowest BCUT2D eigenvalue weighted by Gasteiger charge is -2.33. The van der Waals surface area contributed by atoms with Crippen molar-refractivity contribution in [3.05, 3.63) is 47.2 Å². The molecule has 7 heteroatoms. The van der Waals surface area contributed by atoms with Crippen molar-refractivity contribution >= 4 is 28.8 Å². The van der Waals surface area contributed by atoms with Gasteiger partial charge in [-0.2, -0.15) is 0 Å². The van der Waals surface area contributed by atoms with Crippen LogP contribution in [0.25, 0.3) is 0 Å². The van der Waals surface area contributed by atoms with Crippen LogP contribution >= 0.6 is 11.8 Å². The number of amidine groups is 1. The molecule has 1 amide bonds. The quantitative estimate of drug-likeness (QED) is 0.596. The highest BCUT2D eigenvalue weighted by Gasteiger charge is 2.46. The van der Waals surface area contributed by atoms with Gasteiger partial charge in [-0.25, -0.2) is 9.79 Å². The van der Waals surface area contributed by atoms with Gasteiger partial charge in [-0.1, -0.05) is 42.1 Å². The van der Waals surface area contributed by atoms with E-state index in [0.717, 1.165) is 5.56 Å². The number of ether oxygens (including phenoxy) is 2. The molecule has 0 saturated carbocycles. The molecule has 1 aromatic rings. The average molecular weight is 360 g/mol. The number of allylic oxidation sites excluding steroid dienone is 1. The van der Waals surface area contributed by atoms with Crippen LogP contribution in [0, 0.1) is 0 Å². The van der Waals surface area contributed by atoms with E-state index in [1.165, 1.54) is 11.8 Å². The lowest BCUT2D eigenvalue weighted by molar-refractivity contribution is -0.141. The summed E-state index contributed by atoms with van der Waals surface area (Å²) in [6.45, 7) is 4.10. The van der Waals surface area contributed by atoms with Crippen molar-refractivity contribution in [1.29, 1.82) is 0 Å². The Morgan fingerprint density at radius 3 is 2.68 bits per heavy atom. The molecule has 2 aliphatic heterocycles. The molecular formula is C18H20N2O4S. The number of thioether (sulfide) groups is 1. The summed E-state index contributed by atoms with van der Waals surface area (Å²) in [6, 6.07) is 8.97. The Bertz CT molecular complexity index is 745. The molecule has 0 N–H and O–H groups in total. The van der Waals surface area contributed by atoms with Gasteiger partial charge in [-0.3, -0.25) is 9.69 Å². The van der Waals surface area contributed by atoms with Crippen LogP contribution in [0.3, 0.4) is 0 Å². The third kappa shape index (κ3) is 3.34. The average Bonchev–Trinajstić information content (AvgIpc) is 2.88. The third-order valence-electron chi connectivity index (χ3n) is 4.11. The number of rotatable bonds is 5. The zero-order valence-corrected chi connectivity index (χ0v) is 15.2. The molecular weight excluding hydrogens is 340 g/mol. The second-order valence-electron chi connectivity index (χ2n) is 5.80. The Balaban J connectivity index is 2.02. The molecule has 2 heterocycles. The number of esters is 1.